The monoisotopic (exact) mass is 193 g/mol. The van der Waals surface area contributed by atoms with Gasteiger partial charge in [-0.25, -0.2) is 4.79 Å². The fraction of sp³-hybridized carbons (Fsp3) is 0.600. The average molecular weight is 193 g/mol. The lowest BCUT2D eigenvalue weighted by Gasteiger charge is -2.11. The standard InChI is InChI=1S/C10H15N3O/c1-8-4-6-13(10(14)12-8)7-9-3-2-5-11-9/h4,6,9,11H,2-3,5,7H2,1H3/t9-/m0/s1. The number of nitrogens with one attached hydrogen (secondary N) is 1. The second-order valence-corrected chi connectivity index (χ2v) is 3.80. The summed E-state index contributed by atoms with van der Waals surface area (Å²) in [4.78, 5) is 15.3. The van der Waals surface area contributed by atoms with Crippen LogP contribution in [0.4, 0.5) is 0 Å². The highest BCUT2D eigenvalue weighted by Gasteiger charge is 2.14. The molecule has 1 saturated heterocycles. The largest absolute Gasteiger partial charge is 0.347 e. The van der Waals surface area contributed by atoms with E-state index in [2.05, 4.69) is 10.3 Å². The maximum Gasteiger partial charge on any atom is 0.347 e. The summed E-state index contributed by atoms with van der Waals surface area (Å²) < 4.78 is 1.68. The number of aryl methyl sites for hydroxylation is 1. The van der Waals surface area contributed by atoms with E-state index in [0.29, 0.717) is 6.04 Å². The molecule has 1 aromatic rings. The fourth-order valence-corrected chi connectivity index (χ4v) is 1.80. The zero-order valence-corrected chi connectivity index (χ0v) is 8.36. The number of nitrogens with zero attached hydrogens (tertiary/aromatic N) is 2. The van der Waals surface area contributed by atoms with Crippen LogP contribution in [0.25, 0.3) is 0 Å². The van der Waals surface area contributed by atoms with Gasteiger partial charge in [-0.15, -0.1) is 0 Å². The molecule has 0 spiro atoms. The SMILES string of the molecule is Cc1ccn(C[C@@H]2CCCN2)c(=O)n1. The Morgan fingerprint density at radius 1 is 1.71 bits per heavy atom. The Kier molecular flexibility index (Phi) is 2.63. The number of rotatable bonds is 2. The van der Waals surface area contributed by atoms with Crippen molar-refractivity contribution in [3.05, 3.63) is 28.4 Å². The quantitative estimate of drug-likeness (QED) is 0.735. The van der Waals surface area contributed by atoms with Gasteiger partial charge in [0.2, 0.25) is 0 Å². The van der Waals surface area contributed by atoms with Gasteiger partial charge in [0.05, 0.1) is 0 Å². The second-order valence-electron chi connectivity index (χ2n) is 3.80. The molecule has 1 atom stereocenters. The molecule has 0 radical (unpaired) electrons. The first-order valence-electron chi connectivity index (χ1n) is 5.03. The van der Waals surface area contributed by atoms with Crippen LogP contribution in [0.3, 0.4) is 0 Å². The van der Waals surface area contributed by atoms with E-state index in [1.54, 1.807) is 4.57 Å². The van der Waals surface area contributed by atoms with Crippen molar-refractivity contribution >= 4 is 0 Å². The molecule has 2 heterocycles. The van der Waals surface area contributed by atoms with Gasteiger partial charge in [-0.3, -0.25) is 4.57 Å². The maximum atomic E-state index is 11.5. The minimum Gasteiger partial charge on any atom is -0.312 e. The molecule has 0 aliphatic carbocycles. The summed E-state index contributed by atoms with van der Waals surface area (Å²) in [5.41, 5.74) is 0.643. The number of hydrogen-bond acceptors (Lipinski definition) is 3. The molecule has 4 heteroatoms. The van der Waals surface area contributed by atoms with Crippen molar-refractivity contribution in [2.45, 2.75) is 32.4 Å². The van der Waals surface area contributed by atoms with Gasteiger partial charge >= 0.3 is 5.69 Å². The molecule has 0 aromatic carbocycles. The summed E-state index contributed by atoms with van der Waals surface area (Å²) in [6.07, 6.45) is 4.18. The zero-order chi connectivity index (χ0) is 9.97. The van der Waals surface area contributed by atoms with Gasteiger partial charge in [-0.2, -0.15) is 4.98 Å². The maximum absolute atomic E-state index is 11.5. The van der Waals surface area contributed by atoms with Gasteiger partial charge < -0.3 is 5.32 Å². The van der Waals surface area contributed by atoms with Crippen molar-refractivity contribution in [2.75, 3.05) is 6.54 Å². The minimum atomic E-state index is -0.140. The first-order valence-corrected chi connectivity index (χ1v) is 5.03. The molecule has 1 aromatic heterocycles. The Labute approximate surface area is 83.0 Å². The fourth-order valence-electron chi connectivity index (χ4n) is 1.80. The molecule has 4 nitrogen and oxygen atoms in total. The molecule has 0 amide bonds. The van der Waals surface area contributed by atoms with Crippen molar-refractivity contribution in [1.82, 2.24) is 14.9 Å². The molecular weight excluding hydrogens is 178 g/mol. The highest BCUT2D eigenvalue weighted by atomic mass is 16.1. The Morgan fingerprint density at radius 2 is 2.57 bits per heavy atom. The summed E-state index contributed by atoms with van der Waals surface area (Å²) in [5, 5.41) is 3.36. The van der Waals surface area contributed by atoms with Crippen molar-refractivity contribution in [1.29, 1.82) is 0 Å². The third-order valence-corrected chi connectivity index (χ3v) is 2.59. The molecule has 1 fully saturated rings. The Bertz CT molecular complexity index is 366. The zero-order valence-electron chi connectivity index (χ0n) is 8.36. The van der Waals surface area contributed by atoms with Crippen molar-refractivity contribution in [2.24, 2.45) is 0 Å². The summed E-state index contributed by atoms with van der Waals surface area (Å²) in [7, 11) is 0. The molecule has 1 aliphatic rings. The van der Waals surface area contributed by atoms with Crippen LogP contribution >= 0.6 is 0 Å². The Balaban J connectivity index is 2.12. The van der Waals surface area contributed by atoms with E-state index in [4.69, 9.17) is 0 Å². The van der Waals surface area contributed by atoms with Crippen LogP contribution < -0.4 is 11.0 Å². The van der Waals surface area contributed by atoms with Gasteiger partial charge in [0, 0.05) is 24.5 Å². The second kappa shape index (κ2) is 3.92. The summed E-state index contributed by atoms with van der Waals surface area (Å²) in [6, 6.07) is 2.31. The molecular formula is C10H15N3O. The predicted molar refractivity (Wildman–Crippen MR) is 54.3 cm³/mol. The van der Waals surface area contributed by atoms with Gasteiger partial charge in [0.1, 0.15) is 0 Å². The highest BCUT2D eigenvalue weighted by molar-refractivity contribution is 4.96. The molecule has 0 bridgehead atoms. The van der Waals surface area contributed by atoms with Gasteiger partial charge in [0.25, 0.3) is 0 Å². The lowest BCUT2D eigenvalue weighted by atomic mass is 10.2. The van der Waals surface area contributed by atoms with Crippen LogP contribution in [0.5, 0.6) is 0 Å². The number of hydrogen-bond donors (Lipinski definition) is 1. The van der Waals surface area contributed by atoms with E-state index >= 15 is 0 Å². The van der Waals surface area contributed by atoms with E-state index in [1.165, 1.54) is 6.42 Å². The topological polar surface area (TPSA) is 46.9 Å². The highest BCUT2D eigenvalue weighted by Crippen LogP contribution is 2.05. The van der Waals surface area contributed by atoms with Crippen molar-refractivity contribution in [3.8, 4) is 0 Å². The van der Waals surface area contributed by atoms with Crippen LogP contribution in [0.2, 0.25) is 0 Å². The van der Waals surface area contributed by atoms with Gasteiger partial charge in [-0.1, -0.05) is 0 Å². The van der Waals surface area contributed by atoms with E-state index in [9.17, 15) is 4.79 Å². The first kappa shape index (κ1) is 9.40. The molecule has 0 saturated carbocycles. The van der Waals surface area contributed by atoms with Crippen LogP contribution in [0, 0.1) is 6.92 Å². The molecule has 2 rings (SSSR count). The van der Waals surface area contributed by atoms with Crippen LogP contribution in [0.15, 0.2) is 17.1 Å². The molecule has 1 N–H and O–H groups in total. The average Bonchev–Trinajstić information content (AvgIpc) is 2.62. The first-order chi connectivity index (χ1) is 6.75. The predicted octanol–water partition coefficient (Wildman–Crippen LogP) is 0.304. The van der Waals surface area contributed by atoms with Crippen molar-refractivity contribution < 1.29 is 0 Å². The van der Waals surface area contributed by atoms with Crippen molar-refractivity contribution in [3.63, 3.8) is 0 Å². The summed E-state index contributed by atoms with van der Waals surface area (Å²) >= 11 is 0. The van der Waals surface area contributed by atoms with Gasteiger partial charge in [-0.05, 0) is 32.4 Å². The lowest BCUT2D eigenvalue weighted by Crippen LogP contribution is -2.33. The third-order valence-electron chi connectivity index (χ3n) is 2.59. The van der Waals surface area contributed by atoms with E-state index in [0.717, 1.165) is 25.2 Å². The molecule has 1 aliphatic heterocycles. The van der Waals surface area contributed by atoms with Crippen LogP contribution in [0.1, 0.15) is 18.5 Å². The third kappa shape index (κ3) is 2.01. The molecule has 14 heavy (non-hydrogen) atoms. The number of aromatic nitrogens is 2. The van der Waals surface area contributed by atoms with E-state index in [-0.39, 0.29) is 5.69 Å². The Morgan fingerprint density at radius 3 is 3.21 bits per heavy atom. The summed E-state index contributed by atoms with van der Waals surface area (Å²) in [6.45, 7) is 3.64. The van der Waals surface area contributed by atoms with E-state index in [1.807, 2.05) is 19.2 Å². The van der Waals surface area contributed by atoms with E-state index < -0.39 is 0 Å². The lowest BCUT2D eigenvalue weighted by molar-refractivity contribution is 0.492. The summed E-state index contributed by atoms with van der Waals surface area (Å²) in [5.74, 6) is 0. The molecule has 0 unspecified atom stereocenters. The Hall–Kier alpha value is -1.16. The van der Waals surface area contributed by atoms with Crippen LogP contribution in [-0.4, -0.2) is 22.1 Å². The molecule has 76 valence electrons. The minimum absolute atomic E-state index is 0.140. The van der Waals surface area contributed by atoms with Gasteiger partial charge in [0.15, 0.2) is 0 Å². The smallest absolute Gasteiger partial charge is 0.312 e. The normalized spacial score (nSPS) is 21.4. The van der Waals surface area contributed by atoms with Crippen LogP contribution in [-0.2, 0) is 6.54 Å².